The minimum Gasteiger partial charge on any atom is -0.495 e. The minimum absolute atomic E-state index is 0.0132. The van der Waals surface area contributed by atoms with Gasteiger partial charge in [-0.3, -0.25) is 0 Å². The third-order valence-corrected chi connectivity index (χ3v) is 3.32. The van der Waals surface area contributed by atoms with Gasteiger partial charge in [0.1, 0.15) is 10.2 Å². The molecule has 16 heavy (non-hydrogen) atoms. The van der Waals surface area contributed by atoms with Crippen LogP contribution in [0.1, 0.15) is 18.4 Å². The summed E-state index contributed by atoms with van der Waals surface area (Å²) in [5.74, 6) is 2.01. The van der Waals surface area contributed by atoms with Crippen LogP contribution in [0.3, 0.4) is 0 Å². The van der Waals surface area contributed by atoms with Crippen LogP contribution in [0, 0.1) is 0 Å². The molecule has 0 bridgehead atoms. The number of aliphatic hydroxyl groups is 1. The lowest BCUT2D eigenvalue weighted by Gasteiger charge is -2.16. The molecule has 0 aromatic heterocycles. The van der Waals surface area contributed by atoms with Crippen molar-refractivity contribution in [1.82, 2.24) is 0 Å². The summed E-state index contributed by atoms with van der Waals surface area (Å²) in [6.45, 7) is 2.20. The van der Waals surface area contributed by atoms with E-state index in [1.807, 2.05) is 13.0 Å². The molecule has 0 amide bonds. The molecule has 88 valence electrons. The molecule has 0 aliphatic carbocycles. The van der Waals surface area contributed by atoms with Crippen molar-refractivity contribution in [3.05, 3.63) is 16.1 Å². The monoisotopic (exact) mass is 288 g/mol. The van der Waals surface area contributed by atoms with Crippen LogP contribution < -0.4 is 14.2 Å². The zero-order chi connectivity index (χ0) is 11.7. The molecule has 1 heterocycles. The maximum atomic E-state index is 9.20. The smallest absolute Gasteiger partial charge is 0.231 e. The largest absolute Gasteiger partial charge is 0.495 e. The number of aliphatic hydroxyl groups excluding tert-OH is 1. The first-order valence-electron chi connectivity index (χ1n) is 4.95. The standard InChI is InChI=1S/C11H13BrO4/c1-6(4-13)7-3-8-11(16-5-15-8)9(12)10(7)14-2/h3,6,13H,4-5H2,1-2H3. The summed E-state index contributed by atoms with van der Waals surface area (Å²) >= 11 is 3.43. The third-order valence-electron chi connectivity index (χ3n) is 2.60. The first-order chi connectivity index (χ1) is 7.69. The molecule has 0 fully saturated rings. The number of hydrogen-bond acceptors (Lipinski definition) is 4. The van der Waals surface area contributed by atoms with Crippen LogP contribution in [0.4, 0.5) is 0 Å². The Hall–Kier alpha value is -0.940. The van der Waals surface area contributed by atoms with E-state index in [0.29, 0.717) is 17.2 Å². The van der Waals surface area contributed by atoms with E-state index in [2.05, 4.69) is 15.9 Å². The van der Waals surface area contributed by atoms with Crippen LogP contribution in [0.15, 0.2) is 10.5 Å². The topological polar surface area (TPSA) is 47.9 Å². The molecule has 1 aliphatic rings. The van der Waals surface area contributed by atoms with Gasteiger partial charge in [-0.2, -0.15) is 0 Å². The Kier molecular flexibility index (Phi) is 3.25. The van der Waals surface area contributed by atoms with Crippen LogP contribution in [0.5, 0.6) is 17.2 Å². The maximum Gasteiger partial charge on any atom is 0.231 e. The summed E-state index contributed by atoms with van der Waals surface area (Å²) in [6, 6.07) is 1.85. The van der Waals surface area contributed by atoms with Gasteiger partial charge in [0.05, 0.1) is 7.11 Å². The van der Waals surface area contributed by atoms with E-state index in [1.54, 1.807) is 7.11 Å². The fraction of sp³-hybridized carbons (Fsp3) is 0.455. The molecule has 1 atom stereocenters. The van der Waals surface area contributed by atoms with Gasteiger partial charge < -0.3 is 19.3 Å². The number of methoxy groups -OCH3 is 1. The zero-order valence-corrected chi connectivity index (χ0v) is 10.7. The first kappa shape index (κ1) is 11.5. The van der Waals surface area contributed by atoms with Gasteiger partial charge in [0, 0.05) is 18.1 Å². The molecule has 0 saturated heterocycles. The average Bonchev–Trinajstić information content (AvgIpc) is 2.76. The molecule has 2 rings (SSSR count). The number of benzene rings is 1. The molecule has 1 aromatic carbocycles. The number of ether oxygens (including phenoxy) is 3. The van der Waals surface area contributed by atoms with Crippen molar-refractivity contribution in [3.63, 3.8) is 0 Å². The Labute approximate surface area is 102 Å². The minimum atomic E-state index is -0.0132. The van der Waals surface area contributed by atoms with Crippen molar-refractivity contribution in [2.75, 3.05) is 20.5 Å². The second kappa shape index (κ2) is 4.51. The maximum absolute atomic E-state index is 9.20. The molecule has 0 spiro atoms. The van der Waals surface area contributed by atoms with Crippen LogP contribution in [0.25, 0.3) is 0 Å². The highest BCUT2D eigenvalue weighted by Gasteiger charge is 2.25. The molecule has 1 unspecified atom stereocenters. The summed E-state index contributed by atoms with van der Waals surface area (Å²) < 4.78 is 16.7. The van der Waals surface area contributed by atoms with Crippen molar-refractivity contribution >= 4 is 15.9 Å². The summed E-state index contributed by atoms with van der Waals surface area (Å²) in [7, 11) is 1.59. The van der Waals surface area contributed by atoms with Crippen LogP contribution in [-0.4, -0.2) is 25.6 Å². The van der Waals surface area contributed by atoms with Crippen LogP contribution in [0.2, 0.25) is 0 Å². The molecule has 1 aromatic rings. The highest BCUT2D eigenvalue weighted by Crippen LogP contribution is 2.48. The number of hydrogen-bond donors (Lipinski definition) is 1. The SMILES string of the molecule is COc1c(C(C)CO)cc2c(c1Br)OCO2. The van der Waals surface area contributed by atoms with Crippen molar-refractivity contribution in [2.24, 2.45) is 0 Å². The number of rotatable bonds is 3. The fourth-order valence-corrected chi connectivity index (χ4v) is 2.38. The van der Waals surface area contributed by atoms with E-state index in [1.165, 1.54) is 0 Å². The molecule has 0 radical (unpaired) electrons. The highest BCUT2D eigenvalue weighted by atomic mass is 79.9. The van der Waals surface area contributed by atoms with E-state index in [0.717, 1.165) is 10.0 Å². The highest BCUT2D eigenvalue weighted by molar-refractivity contribution is 9.10. The third kappa shape index (κ3) is 1.74. The van der Waals surface area contributed by atoms with Gasteiger partial charge in [-0.25, -0.2) is 0 Å². The van der Waals surface area contributed by atoms with E-state index in [4.69, 9.17) is 14.2 Å². The van der Waals surface area contributed by atoms with Crippen molar-refractivity contribution in [3.8, 4) is 17.2 Å². The molecular formula is C11H13BrO4. The molecule has 1 aliphatic heterocycles. The van der Waals surface area contributed by atoms with Gasteiger partial charge in [-0.05, 0) is 22.0 Å². The summed E-state index contributed by atoms with van der Waals surface area (Å²) in [4.78, 5) is 0. The van der Waals surface area contributed by atoms with Gasteiger partial charge in [-0.1, -0.05) is 6.92 Å². The molecule has 0 saturated carbocycles. The van der Waals surface area contributed by atoms with E-state index >= 15 is 0 Å². The predicted octanol–water partition coefficient (Wildman–Crippen LogP) is 2.28. The number of halogens is 1. The molecule has 5 heteroatoms. The van der Waals surface area contributed by atoms with Crippen molar-refractivity contribution < 1.29 is 19.3 Å². The zero-order valence-electron chi connectivity index (χ0n) is 9.12. The van der Waals surface area contributed by atoms with Gasteiger partial charge in [0.25, 0.3) is 0 Å². The summed E-state index contributed by atoms with van der Waals surface area (Å²) in [5, 5.41) is 9.20. The van der Waals surface area contributed by atoms with Crippen LogP contribution in [-0.2, 0) is 0 Å². The Morgan fingerprint density at radius 3 is 2.94 bits per heavy atom. The predicted molar refractivity (Wildman–Crippen MR) is 62.3 cm³/mol. The Balaban J connectivity index is 2.56. The second-order valence-electron chi connectivity index (χ2n) is 3.63. The van der Waals surface area contributed by atoms with E-state index in [-0.39, 0.29) is 19.3 Å². The first-order valence-corrected chi connectivity index (χ1v) is 5.75. The quantitative estimate of drug-likeness (QED) is 0.927. The Bertz CT molecular complexity index is 405. The molecule has 1 N–H and O–H groups in total. The second-order valence-corrected chi connectivity index (χ2v) is 4.42. The lowest BCUT2D eigenvalue weighted by molar-refractivity contribution is 0.173. The van der Waals surface area contributed by atoms with Gasteiger partial charge >= 0.3 is 0 Å². The van der Waals surface area contributed by atoms with Crippen LogP contribution >= 0.6 is 15.9 Å². The van der Waals surface area contributed by atoms with Gasteiger partial charge in [0.15, 0.2) is 11.5 Å². The molecule has 4 nitrogen and oxygen atoms in total. The van der Waals surface area contributed by atoms with Crippen molar-refractivity contribution in [1.29, 1.82) is 0 Å². The van der Waals surface area contributed by atoms with Gasteiger partial charge in [-0.15, -0.1) is 0 Å². The summed E-state index contributed by atoms with van der Waals surface area (Å²) in [6.07, 6.45) is 0. The average molecular weight is 289 g/mol. The lowest BCUT2D eigenvalue weighted by Crippen LogP contribution is -2.02. The van der Waals surface area contributed by atoms with E-state index < -0.39 is 0 Å². The van der Waals surface area contributed by atoms with Crippen molar-refractivity contribution in [2.45, 2.75) is 12.8 Å². The molecular weight excluding hydrogens is 276 g/mol. The van der Waals surface area contributed by atoms with Gasteiger partial charge in [0.2, 0.25) is 6.79 Å². The Morgan fingerprint density at radius 2 is 2.31 bits per heavy atom. The fourth-order valence-electron chi connectivity index (χ4n) is 1.68. The normalized spacial score (nSPS) is 15.0. The lowest BCUT2D eigenvalue weighted by atomic mass is 10.0. The summed E-state index contributed by atoms with van der Waals surface area (Å²) in [5.41, 5.74) is 0.904. The Morgan fingerprint density at radius 1 is 1.56 bits per heavy atom. The number of fused-ring (bicyclic) bond motifs is 1. The van der Waals surface area contributed by atoms with E-state index in [9.17, 15) is 5.11 Å².